The van der Waals surface area contributed by atoms with Crippen molar-refractivity contribution in [3.05, 3.63) is 55.1 Å². The molecule has 1 nitrogen and oxygen atoms in total. The second-order valence-corrected chi connectivity index (χ2v) is 3.11. The molecule has 1 N–H and O–H groups in total. The zero-order valence-corrected chi connectivity index (χ0v) is 7.46. The summed E-state index contributed by atoms with van der Waals surface area (Å²) in [4.78, 5) is 0. The maximum Gasteiger partial charge on any atom is 0.0206 e. The fourth-order valence-corrected chi connectivity index (χ4v) is 1.49. The molecular formula is C12H12N. The van der Waals surface area contributed by atoms with Gasteiger partial charge in [-0.25, -0.2) is 0 Å². The third kappa shape index (κ3) is 1.70. The molecule has 0 aliphatic heterocycles. The molecule has 2 rings (SSSR count). The molecule has 2 aromatic rings. The van der Waals surface area contributed by atoms with Crippen molar-refractivity contribution in [3.63, 3.8) is 0 Å². The van der Waals surface area contributed by atoms with E-state index in [4.69, 9.17) is 0 Å². The molecule has 65 valence electrons. The molecule has 1 heteroatoms. The van der Waals surface area contributed by atoms with Crippen molar-refractivity contribution in [2.75, 3.05) is 0 Å². The summed E-state index contributed by atoms with van der Waals surface area (Å²) >= 11 is 0. The minimum atomic E-state index is 0.824. The van der Waals surface area contributed by atoms with Gasteiger partial charge in [0.25, 0.3) is 0 Å². The lowest BCUT2D eigenvalue weighted by Crippen LogP contribution is -2.01. The number of benzene rings is 2. The molecule has 0 bridgehead atoms. The molecule has 0 unspecified atom stereocenters. The highest BCUT2D eigenvalue weighted by atomic mass is 14.8. The monoisotopic (exact) mass is 170 g/mol. The highest BCUT2D eigenvalue weighted by Crippen LogP contribution is 2.15. The molecule has 0 amide bonds. The quantitative estimate of drug-likeness (QED) is 0.730. The van der Waals surface area contributed by atoms with Crippen molar-refractivity contribution >= 4 is 10.8 Å². The van der Waals surface area contributed by atoms with Gasteiger partial charge in [0.15, 0.2) is 0 Å². The van der Waals surface area contributed by atoms with E-state index in [2.05, 4.69) is 54.8 Å². The predicted octanol–water partition coefficient (Wildman–Crippen LogP) is 2.72. The molecule has 13 heavy (non-hydrogen) atoms. The lowest BCUT2D eigenvalue weighted by atomic mass is 10.1. The van der Waals surface area contributed by atoms with Crippen LogP contribution in [-0.4, -0.2) is 0 Å². The van der Waals surface area contributed by atoms with Gasteiger partial charge in [0, 0.05) is 13.6 Å². The number of hydrogen-bond acceptors (Lipinski definition) is 1. The van der Waals surface area contributed by atoms with Crippen LogP contribution in [-0.2, 0) is 6.54 Å². The molecule has 0 heterocycles. The summed E-state index contributed by atoms with van der Waals surface area (Å²) < 4.78 is 0. The summed E-state index contributed by atoms with van der Waals surface area (Å²) in [5.41, 5.74) is 1.27. The fourth-order valence-electron chi connectivity index (χ4n) is 1.49. The topological polar surface area (TPSA) is 12.0 Å². The van der Waals surface area contributed by atoms with Crippen molar-refractivity contribution in [3.8, 4) is 0 Å². The van der Waals surface area contributed by atoms with Crippen LogP contribution in [0.25, 0.3) is 10.8 Å². The first-order valence-corrected chi connectivity index (χ1v) is 4.38. The molecule has 0 saturated heterocycles. The lowest BCUT2D eigenvalue weighted by molar-refractivity contribution is 0.868. The fraction of sp³-hybridized carbons (Fsp3) is 0.0833. The first kappa shape index (κ1) is 8.27. The Labute approximate surface area is 78.4 Å². The first-order chi connectivity index (χ1) is 6.40. The predicted molar refractivity (Wildman–Crippen MR) is 56.1 cm³/mol. The average molecular weight is 170 g/mol. The first-order valence-electron chi connectivity index (χ1n) is 4.38. The van der Waals surface area contributed by atoms with Crippen molar-refractivity contribution in [1.29, 1.82) is 0 Å². The van der Waals surface area contributed by atoms with E-state index >= 15 is 0 Å². The van der Waals surface area contributed by atoms with Gasteiger partial charge in [0.1, 0.15) is 0 Å². The molecule has 0 fully saturated rings. The van der Waals surface area contributed by atoms with Crippen LogP contribution in [0.2, 0.25) is 0 Å². The minimum absolute atomic E-state index is 0.824. The van der Waals surface area contributed by atoms with Crippen LogP contribution in [0, 0.1) is 7.05 Å². The minimum Gasteiger partial charge on any atom is -0.311 e. The zero-order valence-electron chi connectivity index (χ0n) is 7.46. The van der Waals surface area contributed by atoms with Gasteiger partial charge in [-0.15, -0.1) is 0 Å². The average Bonchev–Trinajstić information content (AvgIpc) is 2.18. The molecule has 0 saturated carbocycles. The summed E-state index contributed by atoms with van der Waals surface area (Å²) in [6.07, 6.45) is 0. The van der Waals surface area contributed by atoms with Gasteiger partial charge in [0.05, 0.1) is 0 Å². The summed E-state index contributed by atoms with van der Waals surface area (Å²) in [5.74, 6) is 0. The smallest absolute Gasteiger partial charge is 0.0206 e. The van der Waals surface area contributed by atoms with Gasteiger partial charge in [-0.3, -0.25) is 0 Å². The summed E-state index contributed by atoms with van der Waals surface area (Å²) in [7, 11) is 3.61. The Morgan fingerprint density at radius 1 is 1.00 bits per heavy atom. The Hall–Kier alpha value is -1.34. The Balaban J connectivity index is 2.49. The van der Waals surface area contributed by atoms with Crippen LogP contribution in [0.4, 0.5) is 0 Å². The van der Waals surface area contributed by atoms with Crippen molar-refractivity contribution in [2.24, 2.45) is 0 Å². The van der Waals surface area contributed by atoms with Crippen LogP contribution >= 0.6 is 0 Å². The van der Waals surface area contributed by atoms with Gasteiger partial charge >= 0.3 is 0 Å². The Morgan fingerprint density at radius 3 is 2.54 bits per heavy atom. The van der Waals surface area contributed by atoms with Crippen LogP contribution in [0.3, 0.4) is 0 Å². The molecule has 0 aliphatic carbocycles. The molecule has 0 atom stereocenters. The third-order valence-corrected chi connectivity index (χ3v) is 2.14. The molecule has 0 aromatic heterocycles. The van der Waals surface area contributed by atoms with Gasteiger partial charge in [-0.2, -0.15) is 0 Å². The van der Waals surface area contributed by atoms with Gasteiger partial charge < -0.3 is 5.32 Å². The van der Waals surface area contributed by atoms with Crippen LogP contribution in [0.1, 0.15) is 5.56 Å². The Kier molecular flexibility index (Phi) is 2.28. The lowest BCUT2D eigenvalue weighted by Gasteiger charge is -2.02. The van der Waals surface area contributed by atoms with Crippen molar-refractivity contribution in [1.82, 2.24) is 5.32 Å². The van der Waals surface area contributed by atoms with Crippen LogP contribution in [0.5, 0.6) is 0 Å². The molecule has 0 spiro atoms. The van der Waals surface area contributed by atoms with E-state index in [-0.39, 0.29) is 0 Å². The highest BCUT2D eigenvalue weighted by Gasteiger charge is 1.93. The second kappa shape index (κ2) is 3.58. The molecule has 2 aromatic carbocycles. The number of fused-ring (bicyclic) bond motifs is 1. The maximum absolute atomic E-state index is 3.61. The summed E-state index contributed by atoms with van der Waals surface area (Å²) in [5, 5.41) is 5.47. The standard InChI is InChI=1S/C12H12N/c1-13-9-10-6-7-11-4-2-3-5-12(11)8-10/h2-8,13H,1,9H2. The van der Waals surface area contributed by atoms with E-state index in [1.54, 1.807) is 0 Å². The Morgan fingerprint density at radius 2 is 1.77 bits per heavy atom. The third-order valence-electron chi connectivity index (χ3n) is 2.14. The van der Waals surface area contributed by atoms with Crippen LogP contribution < -0.4 is 5.32 Å². The largest absolute Gasteiger partial charge is 0.311 e. The van der Waals surface area contributed by atoms with Gasteiger partial charge in [-0.1, -0.05) is 36.4 Å². The number of rotatable bonds is 2. The van der Waals surface area contributed by atoms with E-state index in [1.165, 1.54) is 16.3 Å². The number of nitrogens with one attached hydrogen (secondary N) is 1. The van der Waals surface area contributed by atoms with Crippen LogP contribution in [0.15, 0.2) is 42.5 Å². The molecular weight excluding hydrogens is 158 g/mol. The van der Waals surface area contributed by atoms with Crippen molar-refractivity contribution < 1.29 is 0 Å². The van der Waals surface area contributed by atoms with E-state index in [1.807, 2.05) is 0 Å². The van der Waals surface area contributed by atoms with E-state index in [0.29, 0.717) is 0 Å². The van der Waals surface area contributed by atoms with E-state index < -0.39 is 0 Å². The normalized spacial score (nSPS) is 10.5. The Bertz CT molecular complexity index is 407. The maximum atomic E-state index is 3.61. The van der Waals surface area contributed by atoms with Gasteiger partial charge in [0.2, 0.25) is 0 Å². The number of hydrogen-bond donors (Lipinski definition) is 1. The van der Waals surface area contributed by atoms with Crippen molar-refractivity contribution in [2.45, 2.75) is 6.54 Å². The molecule has 1 radical (unpaired) electrons. The molecule has 0 aliphatic rings. The SMILES string of the molecule is [CH2]NCc1ccc2ccccc2c1. The van der Waals surface area contributed by atoms with Gasteiger partial charge in [-0.05, 0) is 22.4 Å². The summed E-state index contributed by atoms with van der Waals surface area (Å²) in [6, 6.07) is 14.8. The second-order valence-electron chi connectivity index (χ2n) is 3.11. The zero-order chi connectivity index (χ0) is 9.10. The summed E-state index contributed by atoms with van der Waals surface area (Å²) in [6.45, 7) is 0.824. The highest BCUT2D eigenvalue weighted by molar-refractivity contribution is 5.82. The van der Waals surface area contributed by atoms with E-state index in [0.717, 1.165) is 6.54 Å². The van der Waals surface area contributed by atoms with E-state index in [9.17, 15) is 0 Å².